The Hall–Kier alpha value is -5.80. The van der Waals surface area contributed by atoms with Gasteiger partial charge in [-0.25, -0.2) is 0 Å². The Morgan fingerprint density at radius 3 is 2.00 bits per heavy atom. The lowest BCUT2D eigenvalue weighted by molar-refractivity contribution is 0.669. The van der Waals surface area contributed by atoms with E-state index in [1.54, 1.807) is 0 Å². The summed E-state index contributed by atoms with van der Waals surface area (Å²) >= 11 is 0. The minimum Gasteiger partial charge on any atom is -0.456 e. The second kappa shape index (κ2) is 8.37. The minimum atomic E-state index is 0.915. The molecule has 10 rings (SSSR count). The number of para-hydroxylation sites is 4. The second-order valence-electron chi connectivity index (χ2n) is 11.3. The van der Waals surface area contributed by atoms with Gasteiger partial charge in [-0.2, -0.15) is 0 Å². The molecule has 3 nitrogen and oxygen atoms in total. The maximum absolute atomic E-state index is 6.19. The number of aromatic nitrogens is 2. The van der Waals surface area contributed by atoms with E-state index >= 15 is 0 Å². The van der Waals surface area contributed by atoms with Crippen LogP contribution in [0.25, 0.3) is 87.9 Å². The molecule has 200 valence electrons. The first-order valence-corrected chi connectivity index (χ1v) is 14.7. The van der Waals surface area contributed by atoms with Gasteiger partial charge in [0.15, 0.2) is 0 Å². The molecule has 0 aliphatic rings. The molecule has 0 unspecified atom stereocenters. The van der Waals surface area contributed by atoms with Crippen molar-refractivity contribution in [2.45, 2.75) is 0 Å². The number of rotatable bonds is 2. The molecule has 0 aliphatic carbocycles. The van der Waals surface area contributed by atoms with Crippen LogP contribution >= 0.6 is 0 Å². The smallest absolute Gasteiger partial charge is 0.136 e. The van der Waals surface area contributed by atoms with E-state index < -0.39 is 0 Å². The van der Waals surface area contributed by atoms with Crippen molar-refractivity contribution in [1.29, 1.82) is 0 Å². The van der Waals surface area contributed by atoms with Crippen molar-refractivity contribution in [2.75, 3.05) is 0 Å². The van der Waals surface area contributed by atoms with Gasteiger partial charge in [-0.15, -0.1) is 0 Å². The summed E-state index contributed by atoms with van der Waals surface area (Å²) in [6.45, 7) is 0. The minimum absolute atomic E-state index is 0.915. The second-order valence-corrected chi connectivity index (χ2v) is 11.3. The van der Waals surface area contributed by atoms with Gasteiger partial charge < -0.3 is 13.4 Å². The summed E-state index contributed by atoms with van der Waals surface area (Å²) in [6.07, 6.45) is 0. The highest BCUT2D eigenvalue weighted by molar-refractivity contribution is 6.23. The van der Waals surface area contributed by atoms with Gasteiger partial charge >= 0.3 is 0 Å². The number of hydrogen-bond donors (Lipinski definition) is 0. The predicted octanol–water partition coefficient (Wildman–Crippen LogP) is 10.9. The van der Waals surface area contributed by atoms with E-state index in [2.05, 4.69) is 142 Å². The van der Waals surface area contributed by atoms with Gasteiger partial charge in [0, 0.05) is 32.6 Å². The van der Waals surface area contributed by atoms with Crippen LogP contribution in [0.4, 0.5) is 0 Å². The van der Waals surface area contributed by atoms with Crippen LogP contribution in [0.3, 0.4) is 0 Å². The maximum Gasteiger partial charge on any atom is 0.136 e. The Balaban J connectivity index is 1.30. The summed E-state index contributed by atoms with van der Waals surface area (Å²) in [5.74, 6) is 0. The highest BCUT2D eigenvalue weighted by Gasteiger charge is 2.19. The fraction of sp³-hybridized carbons (Fsp3) is 0. The van der Waals surface area contributed by atoms with Crippen LogP contribution in [0.15, 0.2) is 150 Å². The summed E-state index contributed by atoms with van der Waals surface area (Å²) < 4.78 is 11.1. The van der Waals surface area contributed by atoms with Gasteiger partial charge in [-0.3, -0.25) is 0 Å². The normalized spacial score (nSPS) is 12.2. The third kappa shape index (κ3) is 3.03. The number of hydrogen-bond acceptors (Lipinski definition) is 1. The highest BCUT2D eigenvalue weighted by Crippen LogP contribution is 2.40. The quantitative estimate of drug-likeness (QED) is 0.211. The summed E-state index contributed by atoms with van der Waals surface area (Å²) in [4.78, 5) is 0. The Kier molecular flexibility index (Phi) is 4.45. The molecule has 0 amide bonds. The molecular formula is C40H24N2O. The van der Waals surface area contributed by atoms with E-state index in [4.69, 9.17) is 4.42 Å². The third-order valence-electron chi connectivity index (χ3n) is 9.10. The summed E-state index contributed by atoms with van der Waals surface area (Å²) in [5.41, 5.74) is 11.3. The average Bonchev–Trinajstić information content (AvgIpc) is 3.58. The van der Waals surface area contributed by atoms with E-state index in [1.807, 2.05) is 12.1 Å². The van der Waals surface area contributed by atoms with Crippen LogP contribution in [-0.2, 0) is 0 Å². The number of nitrogens with zero attached hydrogens (tertiary/aromatic N) is 2. The molecule has 0 fully saturated rings. The van der Waals surface area contributed by atoms with Crippen LogP contribution in [0.2, 0.25) is 0 Å². The molecule has 0 radical (unpaired) electrons. The van der Waals surface area contributed by atoms with Gasteiger partial charge in [0.2, 0.25) is 0 Å². The lowest BCUT2D eigenvalue weighted by atomic mass is 9.99. The number of benzene rings is 7. The lowest BCUT2D eigenvalue weighted by Crippen LogP contribution is -1.97. The van der Waals surface area contributed by atoms with Gasteiger partial charge in [0.05, 0.1) is 27.6 Å². The molecule has 0 saturated heterocycles. The largest absolute Gasteiger partial charge is 0.456 e. The zero-order valence-corrected chi connectivity index (χ0v) is 23.2. The van der Waals surface area contributed by atoms with Crippen LogP contribution in [0, 0.1) is 0 Å². The zero-order chi connectivity index (χ0) is 28.1. The van der Waals surface area contributed by atoms with E-state index in [-0.39, 0.29) is 0 Å². The third-order valence-corrected chi connectivity index (χ3v) is 9.10. The topological polar surface area (TPSA) is 22.5 Å². The molecule has 10 aromatic rings. The fourth-order valence-electron chi connectivity index (χ4n) is 7.30. The molecule has 0 bridgehead atoms. The molecule has 3 aromatic heterocycles. The first-order valence-electron chi connectivity index (χ1n) is 14.7. The van der Waals surface area contributed by atoms with E-state index in [9.17, 15) is 0 Å². The SMILES string of the molecule is c1ccc2c(c1)oc1cccc(-c3ccc(-n4c5cccc6ccc7c8ccccc8n(c8ccccc84)c7c65)cc3)c12. The Morgan fingerprint density at radius 2 is 1.12 bits per heavy atom. The molecule has 0 atom stereocenters. The summed E-state index contributed by atoms with van der Waals surface area (Å²) in [6, 6.07) is 52.4. The van der Waals surface area contributed by atoms with Crippen molar-refractivity contribution in [3.05, 3.63) is 146 Å². The Labute approximate surface area is 246 Å². The molecule has 7 aromatic carbocycles. The lowest BCUT2D eigenvalue weighted by Gasteiger charge is -2.13. The van der Waals surface area contributed by atoms with Gasteiger partial charge in [0.1, 0.15) is 11.2 Å². The Bertz CT molecular complexity index is 2700. The maximum atomic E-state index is 6.19. The van der Waals surface area contributed by atoms with Crippen molar-refractivity contribution in [2.24, 2.45) is 0 Å². The average molecular weight is 549 g/mol. The van der Waals surface area contributed by atoms with Crippen molar-refractivity contribution < 1.29 is 4.42 Å². The molecule has 0 N–H and O–H groups in total. The monoisotopic (exact) mass is 548 g/mol. The Morgan fingerprint density at radius 1 is 0.419 bits per heavy atom. The highest BCUT2D eigenvalue weighted by atomic mass is 16.3. The molecule has 0 spiro atoms. The van der Waals surface area contributed by atoms with Crippen molar-refractivity contribution >= 4 is 71.1 Å². The van der Waals surface area contributed by atoms with E-state index in [0.717, 1.165) is 33.1 Å². The van der Waals surface area contributed by atoms with Gasteiger partial charge in [-0.05, 0) is 65.0 Å². The van der Waals surface area contributed by atoms with Crippen molar-refractivity contribution in [1.82, 2.24) is 8.97 Å². The van der Waals surface area contributed by atoms with Crippen molar-refractivity contribution in [3.63, 3.8) is 0 Å². The van der Waals surface area contributed by atoms with Crippen molar-refractivity contribution in [3.8, 4) is 16.8 Å². The zero-order valence-electron chi connectivity index (χ0n) is 23.2. The van der Waals surface area contributed by atoms with E-state index in [1.165, 1.54) is 54.7 Å². The standard InChI is InChI=1S/C40H24N2O/c1-3-13-32-29(10-1)30-24-21-26-9-7-16-35-38(26)40(30)42(32)34-15-5-4-14-33(34)41(35)27-22-19-25(20-23-27)28-12-8-18-37-39(28)31-11-2-6-17-36(31)43-37/h1-24H. The number of furan rings is 1. The molecule has 3 heteroatoms. The van der Waals surface area contributed by atoms with Gasteiger partial charge in [-0.1, -0.05) is 97.1 Å². The van der Waals surface area contributed by atoms with Crippen LogP contribution in [0.5, 0.6) is 0 Å². The van der Waals surface area contributed by atoms with Crippen LogP contribution in [0.1, 0.15) is 0 Å². The predicted molar refractivity (Wildman–Crippen MR) is 179 cm³/mol. The molecule has 43 heavy (non-hydrogen) atoms. The molecule has 3 heterocycles. The van der Waals surface area contributed by atoms with Crippen LogP contribution in [-0.4, -0.2) is 8.97 Å². The molecule has 0 saturated carbocycles. The summed E-state index contributed by atoms with van der Waals surface area (Å²) in [5, 5.41) is 7.38. The first kappa shape index (κ1) is 22.8. The van der Waals surface area contributed by atoms with Crippen LogP contribution < -0.4 is 0 Å². The molecule has 0 aliphatic heterocycles. The number of fused-ring (bicyclic) bond motifs is 8. The summed E-state index contributed by atoms with van der Waals surface area (Å²) in [7, 11) is 0. The fourth-order valence-corrected chi connectivity index (χ4v) is 7.30. The van der Waals surface area contributed by atoms with E-state index in [0.29, 0.717) is 0 Å². The van der Waals surface area contributed by atoms with Gasteiger partial charge in [0.25, 0.3) is 0 Å². The first-order chi connectivity index (χ1) is 21.3. The molecular weight excluding hydrogens is 524 g/mol.